The van der Waals surface area contributed by atoms with E-state index in [1.807, 2.05) is 48.0 Å². The minimum absolute atomic E-state index is 0.128. The molecule has 0 unspecified atom stereocenters. The molecule has 0 fully saturated rings. The highest BCUT2D eigenvalue weighted by Gasteiger charge is 2.20. The fourth-order valence-electron chi connectivity index (χ4n) is 3.36. The number of hydrogen-bond donors (Lipinski definition) is 1. The number of aryl methyl sites for hydroxylation is 1. The number of fused-ring (bicyclic) bond motifs is 1. The molecule has 1 aliphatic carbocycles. The molecule has 4 rings (SSSR count). The zero-order chi connectivity index (χ0) is 18.8. The molecule has 2 heterocycles. The predicted octanol–water partition coefficient (Wildman–Crippen LogP) is 4.21. The second-order valence-electron chi connectivity index (χ2n) is 7.06. The molecule has 0 bridgehead atoms. The van der Waals surface area contributed by atoms with E-state index in [0.717, 1.165) is 34.7 Å². The number of imidazole rings is 1. The summed E-state index contributed by atoms with van der Waals surface area (Å²) in [6.45, 7) is 4.17. The summed E-state index contributed by atoms with van der Waals surface area (Å²) in [5.74, 6) is 0.574. The van der Waals surface area contributed by atoms with Crippen molar-refractivity contribution in [1.29, 1.82) is 0 Å². The van der Waals surface area contributed by atoms with Gasteiger partial charge in [0.25, 0.3) is 5.91 Å². The van der Waals surface area contributed by atoms with Gasteiger partial charge in [0, 0.05) is 23.0 Å². The minimum atomic E-state index is -0.128. The lowest BCUT2D eigenvalue weighted by molar-refractivity contribution is 0.0959. The highest BCUT2D eigenvalue weighted by atomic mass is 32.1. The van der Waals surface area contributed by atoms with Gasteiger partial charge >= 0.3 is 0 Å². The Morgan fingerprint density at radius 3 is 2.89 bits per heavy atom. The van der Waals surface area contributed by atoms with Crippen LogP contribution in [0.1, 0.15) is 45.9 Å². The van der Waals surface area contributed by atoms with Crippen molar-refractivity contribution in [2.45, 2.75) is 33.1 Å². The van der Waals surface area contributed by atoms with Crippen molar-refractivity contribution in [3.8, 4) is 5.69 Å². The van der Waals surface area contributed by atoms with Crippen molar-refractivity contribution < 1.29 is 4.79 Å². The number of rotatable bonds is 4. The summed E-state index contributed by atoms with van der Waals surface area (Å²) in [7, 11) is 0. The molecule has 0 saturated heterocycles. The van der Waals surface area contributed by atoms with Gasteiger partial charge in [0.1, 0.15) is 0 Å². The van der Waals surface area contributed by atoms with Crippen LogP contribution in [0.15, 0.2) is 54.2 Å². The molecule has 3 aromatic rings. The molecule has 6 heteroatoms. The van der Waals surface area contributed by atoms with Gasteiger partial charge in [-0.05, 0) is 61.4 Å². The Labute approximate surface area is 162 Å². The molecule has 0 aliphatic heterocycles. The molecule has 1 amide bonds. The molecule has 1 aromatic carbocycles. The first-order valence-corrected chi connectivity index (χ1v) is 9.97. The molecule has 2 aromatic heterocycles. The summed E-state index contributed by atoms with van der Waals surface area (Å²) in [5.41, 5.74) is 6.82. The number of nitrogens with zero attached hydrogens (tertiary/aromatic N) is 3. The summed E-state index contributed by atoms with van der Waals surface area (Å²) in [6, 6.07) is 10.0. The van der Waals surface area contributed by atoms with Crippen LogP contribution in [0.25, 0.3) is 5.69 Å². The fourth-order valence-corrected chi connectivity index (χ4v) is 4.46. The van der Waals surface area contributed by atoms with Crippen molar-refractivity contribution in [3.05, 3.63) is 69.9 Å². The maximum Gasteiger partial charge on any atom is 0.281 e. The summed E-state index contributed by atoms with van der Waals surface area (Å²) >= 11 is 1.60. The van der Waals surface area contributed by atoms with E-state index in [0.29, 0.717) is 5.92 Å². The highest BCUT2D eigenvalue weighted by molar-refractivity contribution is 7.14. The maximum atomic E-state index is 12.5. The van der Waals surface area contributed by atoms with Crippen molar-refractivity contribution in [2.24, 2.45) is 11.0 Å². The van der Waals surface area contributed by atoms with E-state index in [1.54, 1.807) is 23.9 Å². The van der Waals surface area contributed by atoms with Gasteiger partial charge in [-0.15, -0.1) is 11.3 Å². The highest BCUT2D eigenvalue weighted by Crippen LogP contribution is 2.32. The van der Waals surface area contributed by atoms with Gasteiger partial charge in [-0.1, -0.05) is 19.1 Å². The summed E-state index contributed by atoms with van der Waals surface area (Å²) in [4.78, 5) is 18.6. The topological polar surface area (TPSA) is 59.3 Å². The third-order valence-corrected chi connectivity index (χ3v) is 6.20. The monoisotopic (exact) mass is 378 g/mol. The summed E-state index contributed by atoms with van der Waals surface area (Å²) in [6.07, 6.45) is 8.78. The maximum absolute atomic E-state index is 12.5. The van der Waals surface area contributed by atoms with Crippen LogP contribution in [-0.2, 0) is 12.8 Å². The number of aromatic nitrogens is 2. The van der Waals surface area contributed by atoms with Crippen LogP contribution in [0.2, 0.25) is 0 Å². The van der Waals surface area contributed by atoms with Crippen LogP contribution in [0, 0.1) is 5.92 Å². The average molecular weight is 379 g/mol. The van der Waals surface area contributed by atoms with Crippen molar-refractivity contribution >= 4 is 23.0 Å². The first kappa shape index (κ1) is 17.7. The third kappa shape index (κ3) is 3.85. The minimum Gasteiger partial charge on any atom is -0.306 e. The number of carbonyl (C=O) groups is 1. The van der Waals surface area contributed by atoms with Crippen LogP contribution in [0.4, 0.5) is 0 Å². The van der Waals surface area contributed by atoms with E-state index in [4.69, 9.17) is 0 Å². The Balaban J connectivity index is 1.43. The van der Waals surface area contributed by atoms with Gasteiger partial charge in [-0.3, -0.25) is 4.79 Å². The number of hydrogen-bond acceptors (Lipinski definition) is 4. The number of amides is 1. The largest absolute Gasteiger partial charge is 0.306 e. The molecule has 0 radical (unpaired) electrons. The van der Waals surface area contributed by atoms with Crippen LogP contribution in [0.3, 0.4) is 0 Å². The summed E-state index contributed by atoms with van der Waals surface area (Å²) in [5, 5.41) is 4.29. The second-order valence-corrected chi connectivity index (χ2v) is 8.20. The molecular formula is C21H22N4OS. The molecule has 138 valence electrons. The van der Waals surface area contributed by atoms with Crippen LogP contribution in [0.5, 0.6) is 0 Å². The zero-order valence-corrected chi connectivity index (χ0v) is 16.3. The van der Waals surface area contributed by atoms with Crippen LogP contribution >= 0.6 is 11.3 Å². The van der Waals surface area contributed by atoms with Gasteiger partial charge < -0.3 is 4.57 Å². The number of thiophene rings is 1. The van der Waals surface area contributed by atoms with E-state index in [9.17, 15) is 4.79 Å². The van der Waals surface area contributed by atoms with Gasteiger partial charge in [-0.25, -0.2) is 10.4 Å². The quantitative estimate of drug-likeness (QED) is 0.546. The Bertz CT molecular complexity index is 970. The fraction of sp³-hybridized carbons (Fsp3) is 0.286. The molecule has 0 saturated carbocycles. The predicted molar refractivity (Wildman–Crippen MR) is 109 cm³/mol. The van der Waals surface area contributed by atoms with E-state index in [-0.39, 0.29) is 5.91 Å². The smallest absolute Gasteiger partial charge is 0.281 e. The standard InChI is InChI=1S/C21H22N4OS/c1-14-3-8-19-17(11-14)12-20(27-19)21(26)24-23-15(2)16-4-6-18(7-5-16)25-10-9-22-13-25/h4-7,9-10,12-14H,3,8,11H2,1-2H3,(H,24,26)/b23-15-/t14-/m1/s1. The van der Waals surface area contributed by atoms with E-state index < -0.39 is 0 Å². The Morgan fingerprint density at radius 2 is 2.15 bits per heavy atom. The van der Waals surface area contributed by atoms with E-state index in [2.05, 4.69) is 22.4 Å². The number of benzene rings is 1. The van der Waals surface area contributed by atoms with Crippen molar-refractivity contribution in [2.75, 3.05) is 0 Å². The molecular weight excluding hydrogens is 356 g/mol. The number of carbonyl (C=O) groups excluding carboxylic acids is 1. The van der Waals surface area contributed by atoms with Crippen LogP contribution < -0.4 is 5.43 Å². The van der Waals surface area contributed by atoms with Crippen LogP contribution in [-0.4, -0.2) is 21.2 Å². The summed E-state index contributed by atoms with van der Waals surface area (Å²) < 4.78 is 1.94. The molecule has 0 spiro atoms. The third-order valence-electron chi connectivity index (χ3n) is 4.97. The molecule has 1 atom stereocenters. The Hall–Kier alpha value is -2.73. The Kier molecular flexibility index (Phi) is 4.90. The van der Waals surface area contributed by atoms with Crippen molar-refractivity contribution in [3.63, 3.8) is 0 Å². The van der Waals surface area contributed by atoms with Crippen molar-refractivity contribution in [1.82, 2.24) is 15.0 Å². The van der Waals surface area contributed by atoms with E-state index >= 15 is 0 Å². The van der Waals surface area contributed by atoms with Gasteiger partial charge in [0.15, 0.2) is 0 Å². The average Bonchev–Trinajstić information content (AvgIpc) is 3.35. The van der Waals surface area contributed by atoms with Gasteiger partial charge in [0.05, 0.1) is 16.9 Å². The second kappa shape index (κ2) is 7.48. The van der Waals surface area contributed by atoms with Gasteiger partial charge in [0.2, 0.25) is 0 Å². The first-order chi connectivity index (χ1) is 13.1. The normalized spacial score (nSPS) is 16.8. The lowest BCUT2D eigenvalue weighted by Gasteiger charge is -2.16. The lowest BCUT2D eigenvalue weighted by Crippen LogP contribution is -2.18. The lowest BCUT2D eigenvalue weighted by atomic mass is 9.90. The molecule has 1 N–H and O–H groups in total. The molecule has 27 heavy (non-hydrogen) atoms. The van der Waals surface area contributed by atoms with Gasteiger partial charge in [-0.2, -0.15) is 5.10 Å². The molecule has 1 aliphatic rings. The SMILES string of the molecule is C/C(=N/NC(=O)c1cc2c(s1)CC[C@@H](C)C2)c1ccc(-n2ccnc2)cc1. The zero-order valence-electron chi connectivity index (χ0n) is 15.5. The number of hydrazone groups is 1. The Morgan fingerprint density at radius 1 is 1.33 bits per heavy atom. The van der Waals surface area contributed by atoms with E-state index in [1.165, 1.54) is 16.9 Å². The molecule has 5 nitrogen and oxygen atoms in total. The first-order valence-electron chi connectivity index (χ1n) is 9.15. The number of nitrogens with one attached hydrogen (secondary N) is 1.